The molecular weight excluding hydrogens is 419 g/mol. The third kappa shape index (κ3) is 3.67. The highest BCUT2D eigenvalue weighted by atomic mass is 19.4. The van der Waals surface area contributed by atoms with Crippen molar-refractivity contribution in [2.75, 3.05) is 14.2 Å². The molecule has 0 bridgehead atoms. The molecule has 4 aromatic rings. The first-order valence-corrected chi connectivity index (χ1v) is 8.83. The summed E-state index contributed by atoms with van der Waals surface area (Å²) in [6.07, 6.45) is -0.794. The summed E-state index contributed by atoms with van der Waals surface area (Å²) in [4.78, 5) is 8.52. The third-order valence-electron chi connectivity index (χ3n) is 4.52. The number of methoxy groups -OCH3 is 2. The molecule has 0 unspecified atom stereocenters. The van der Waals surface area contributed by atoms with Crippen molar-refractivity contribution in [3.8, 4) is 40.3 Å². The van der Waals surface area contributed by atoms with E-state index in [1.54, 1.807) is 12.1 Å². The molecule has 0 radical (unpaired) electrons. The Morgan fingerprint density at radius 1 is 1.06 bits per heavy atom. The monoisotopic (exact) mass is 435 g/mol. The van der Waals surface area contributed by atoms with E-state index >= 15 is 0 Å². The standard InChI is InChI=1S/C19H16F3N5O4/c1-30-14-5-10(6-23-16(14)31-2)13-4-3-12-15(25-13)18(29)27(17(12)28)11-7-24-26(8-11)9-19(20,21)22/h3-8,28-29H,9H2,1-2H3. The lowest BCUT2D eigenvalue weighted by molar-refractivity contribution is -0.142. The SMILES string of the molecule is COc1cc(-c2ccc3c(O)n(-c4cnn(CC(F)(F)F)c4)c(O)c3n2)cnc1OC. The van der Waals surface area contributed by atoms with Gasteiger partial charge >= 0.3 is 6.18 Å². The molecule has 0 saturated carbocycles. The molecule has 0 aromatic carbocycles. The van der Waals surface area contributed by atoms with Gasteiger partial charge < -0.3 is 19.7 Å². The Bertz CT molecular complexity index is 1270. The van der Waals surface area contributed by atoms with Crippen LogP contribution >= 0.6 is 0 Å². The first kappa shape index (κ1) is 20.3. The fourth-order valence-corrected chi connectivity index (χ4v) is 3.15. The van der Waals surface area contributed by atoms with Crippen molar-refractivity contribution in [1.29, 1.82) is 0 Å². The summed E-state index contributed by atoms with van der Waals surface area (Å²) in [5.74, 6) is -0.170. The van der Waals surface area contributed by atoms with Crippen molar-refractivity contribution in [2.45, 2.75) is 12.7 Å². The van der Waals surface area contributed by atoms with Gasteiger partial charge in [-0.05, 0) is 18.2 Å². The van der Waals surface area contributed by atoms with E-state index in [4.69, 9.17) is 9.47 Å². The number of alkyl halides is 3. The summed E-state index contributed by atoms with van der Waals surface area (Å²) in [7, 11) is 2.91. The van der Waals surface area contributed by atoms with Gasteiger partial charge in [0.2, 0.25) is 11.8 Å². The molecule has 0 aliphatic heterocycles. The largest absolute Gasteiger partial charge is 0.494 e. The summed E-state index contributed by atoms with van der Waals surface area (Å²) < 4.78 is 49.7. The molecular formula is C19H16F3N5O4. The van der Waals surface area contributed by atoms with Crippen LogP contribution in [0.4, 0.5) is 13.2 Å². The summed E-state index contributed by atoms with van der Waals surface area (Å²) in [6.45, 7) is -1.30. The minimum atomic E-state index is -4.46. The highest BCUT2D eigenvalue weighted by Gasteiger charge is 2.29. The van der Waals surface area contributed by atoms with Gasteiger partial charge in [-0.3, -0.25) is 4.68 Å². The maximum absolute atomic E-state index is 12.6. The number of fused-ring (bicyclic) bond motifs is 1. The zero-order chi connectivity index (χ0) is 22.3. The lowest BCUT2D eigenvalue weighted by Gasteiger charge is -2.08. The Morgan fingerprint density at radius 2 is 1.84 bits per heavy atom. The number of nitrogens with zero attached hydrogens (tertiary/aromatic N) is 5. The molecule has 0 spiro atoms. The van der Waals surface area contributed by atoms with Crippen molar-refractivity contribution >= 4 is 10.9 Å². The number of halogens is 3. The molecule has 4 heterocycles. The summed E-state index contributed by atoms with van der Waals surface area (Å²) in [6, 6.07) is 4.77. The number of rotatable bonds is 5. The Kier molecular flexibility index (Phi) is 4.84. The van der Waals surface area contributed by atoms with Gasteiger partial charge in [-0.15, -0.1) is 0 Å². The Balaban J connectivity index is 1.78. The second-order valence-corrected chi connectivity index (χ2v) is 6.52. The van der Waals surface area contributed by atoms with E-state index in [1.807, 2.05) is 0 Å². The third-order valence-corrected chi connectivity index (χ3v) is 4.52. The van der Waals surface area contributed by atoms with E-state index in [0.717, 1.165) is 17.0 Å². The van der Waals surface area contributed by atoms with Crippen LogP contribution in [0, 0.1) is 0 Å². The number of ether oxygens (including phenoxy) is 2. The molecule has 2 N–H and O–H groups in total. The van der Waals surface area contributed by atoms with E-state index in [0.29, 0.717) is 21.7 Å². The average molecular weight is 435 g/mol. The van der Waals surface area contributed by atoms with E-state index in [9.17, 15) is 23.4 Å². The molecule has 0 fully saturated rings. The first-order chi connectivity index (χ1) is 14.7. The van der Waals surface area contributed by atoms with Gasteiger partial charge in [0.25, 0.3) is 5.88 Å². The van der Waals surface area contributed by atoms with Gasteiger partial charge in [0.1, 0.15) is 12.1 Å². The van der Waals surface area contributed by atoms with Crippen molar-refractivity contribution in [3.63, 3.8) is 0 Å². The van der Waals surface area contributed by atoms with Crippen LogP contribution in [0.1, 0.15) is 0 Å². The number of hydrogen-bond donors (Lipinski definition) is 2. The van der Waals surface area contributed by atoms with Crippen LogP contribution in [0.2, 0.25) is 0 Å². The molecule has 12 heteroatoms. The van der Waals surface area contributed by atoms with Crippen molar-refractivity contribution in [3.05, 3.63) is 36.8 Å². The maximum atomic E-state index is 12.6. The number of aromatic nitrogens is 5. The van der Waals surface area contributed by atoms with Gasteiger partial charge in [0.05, 0.1) is 37.2 Å². The molecule has 0 aliphatic rings. The topological polar surface area (TPSA) is 107 Å². The quantitative estimate of drug-likeness (QED) is 0.495. The second kappa shape index (κ2) is 7.38. The van der Waals surface area contributed by atoms with Gasteiger partial charge in [0, 0.05) is 18.0 Å². The minimum absolute atomic E-state index is 0.0478. The fraction of sp³-hybridized carbons (Fsp3) is 0.211. The lowest BCUT2D eigenvalue weighted by atomic mass is 10.1. The molecule has 0 aliphatic carbocycles. The van der Waals surface area contributed by atoms with Crippen LogP contribution in [0.15, 0.2) is 36.8 Å². The Hall–Kier alpha value is -3.96. The van der Waals surface area contributed by atoms with E-state index in [2.05, 4.69) is 15.1 Å². The zero-order valence-electron chi connectivity index (χ0n) is 16.3. The van der Waals surface area contributed by atoms with Crippen LogP contribution in [-0.4, -0.2) is 54.9 Å². The summed E-state index contributed by atoms with van der Waals surface area (Å²) >= 11 is 0. The molecule has 9 nitrogen and oxygen atoms in total. The van der Waals surface area contributed by atoms with Gasteiger partial charge in [-0.25, -0.2) is 14.5 Å². The van der Waals surface area contributed by atoms with Crippen LogP contribution in [-0.2, 0) is 6.54 Å². The minimum Gasteiger partial charge on any atom is -0.494 e. The molecule has 31 heavy (non-hydrogen) atoms. The highest BCUT2D eigenvalue weighted by Crippen LogP contribution is 2.39. The van der Waals surface area contributed by atoms with Gasteiger partial charge in [-0.1, -0.05) is 0 Å². The van der Waals surface area contributed by atoms with Crippen molar-refractivity contribution in [2.24, 2.45) is 0 Å². The molecule has 0 saturated heterocycles. The van der Waals surface area contributed by atoms with Crippen LogP contribution in [0.3, 0.4) is 0 Å². The van der Waals surface area contributed by atoms with Gasteiger partial charge in [0.15, 0.2) is 5.75 Å². The number of aromatic hydroxyl groups is 2. The number of hydrogen-bond acceptors (Lipinski definition) is 7. The molecule has 0 atom stereocenters. The summed E-state index contributed by atoms with van der Waals surface area (Å²) in [5, 5.41) is 25.0. The molecule has 4 aromatic heterocycles. The Morgan fingerprint density at radius 3 is 2.52 bits per heavy atom. The van der Waals surface area contributed by atoms with Crippen molar-refractivity contribution in [1.82, 2.24) is 24.3 Å². The Labute approximate surface area is 172 Å². The summed E-state index contributed by atoms with van der Waals surface area (Å²) in [5.41, 5.74) is 1.07. The predicted octanol–water partition coefficient (Wildman–Crippen LogP) is 3.27. The average Bonchev–Trinajstić information content (AvgIpc) is 3.27. The van der Waals surface area contributed by atoms with E-state index < -0.39 is 18.6 Å². The predicted molar refractivity (Wildman–Crippen MR) is 103 cm³/mol. The van der Waals surface area contributed by atoms with Crippen LogP contribution in [0.25, 0.3) is 27.8 Å². The van der Waals surface area contributed by atoms with Crippen molar-refractivity contribution < 1.29 is 32.9 Å². The van der Waals surface area contributed by atoms with Gasteiger partial charge in [-0.2, -0.15) is 18.3 Å². The van der Waals surface area contributed by atoms with E-state index in [1.165, 1.54) is 26.5 Å². The van der Waals surface area contributed by atoms with Crippen LogP contribution in [0.5, 0.6) is 23.4 Å². The highest BCUT2D eigenvalue weighted by molar-refractivity contribution is 5.92. The zero-order valence-corrected chi connectivity index (χ0v) is 16.3. The number of pyridine rings is 2. The maximum Gasteiger partial charge on any atom is 0.408 e. The van der Waals surface area contributed by atoms with Crippen LogP contribution < -0.4 is 9.47 Å². The van der Waals surface area contributed by atoms with E-state index in [-0.39, 0.29) is 28.4 Å². The first-order valence-electron chi connectivity index (χ1n) is 8.83. The lowest BCUT2D eigenvalue weighted by Crippen LogP contribution is -2.17. The smallest absolute Gasteiger partial charge is 0.408 e. The normalized spacial score (nSPS) is 11.8. The second-order valence-electron chi connectivity index (χ2n) is 6.52. The fourth-order valence-electron chi connectivity index (χ4n) is 3.15. The molecule has 162 valence electrons. The molecule has 0 amide bonds. The molecule has 4 rings (SSSR count).